The van der Waals surface area contributed by atoms with E-state index in [-0.39, 0.29) is 0 Å². The lowest BCUT2D eigenvalue weighted by molar-refractivity contribution is -0.607. The SMILES string of the molecule is [O-][n+]1ccccc1/C=C/N1CCCCC1. The minimum absolute atomic E-state index is 0.697. The van der Waals surface area contributed by atoms with Crippen LogP contribution in [0.2, 0.25) is 0 Å². The molecule has 0 aromatic carbocycles. The van der Waals surface area contributed by atoms with E-state index in [1.54, 1.807) is 6.07 Å². The smallest absolute Gasteiger partial charge is 0.217 e. The van der Waals surface area contributed by atoms with Gasteiger partial charge in [-0.1, -0.05) is 0 Å². The first-order valence-electron chi connectivity index (χ1n) is 5.47. The van der Waals surface area contributed by atoms with Crippen LogP contribution in [0.1, 0.15) is 25.0 Å². The highest BCUT2D eigenvalue weighted by Gasteiger charge is 2.06. The van der Waals surface area contributed by atoms with Gasteiger partial charge in [-0.2, -0.15) is 4.73 Å². The highest BCUT2D eigenvalue weighted by molar-refractivity contribution is 5.40. The van der Waals surface area contributed by atoms with Crippen LogP contribution < -0.4 is 4.73 Å². The molecule has 0 bridgehead atoms. The second kappa shape index (κ2) is 4.82. The second-order valence-corrected chi connectivity index (χ2v) is 3.86. The van der Waals surface area contributed by atoms with Crippen LogP contribution in [0.5, 0.6) is 0 Å². The van der Waals surface area contributed by atoms with Crippen molar-refractivity contribution in [3.8, 4) is 0 Å². The topological polar surface area (TPSA) is 30.2 Å². The molecule has 1 aliphatic rings. The first-order chi connectivity index (χ1) is 7.36. The summed E-state index contributed by atoms with van der Waals surface area (Å²) in [6, 6.07) is 5.45. The van der Waals surface area contributed by atoms with Gasteiger partial charge < -0.3 is 10.1 Å². The monoisotopic (exact) mass is 204 g/mol. The third-order valence-corrected chi connectivity index (χ3v) is 2.70. The Labute approximate surface area is 90.2 Å². The van der Waals surface area contributed by atoms with Crippen LogP contribution in [-0.4, -0.2) is 18.0 Å². The maximum absolute atomic E-state index is 11.3. The quantitative estimate of drug-likeness (QED) is 0.543. The van der Waals surface area contributed by atoms with Gasteiger partial charge in [-0.05, 0) is 25.3 Å². The summed E-state index contributed by atoms with van der Waals surface area (Å²) in [5, 5.41) is 11.3. The number of aromatic nitrogens is 1. The third-order valence-electron chi connectivity index (χ3n) is 2.70. The number of piperidine rings is 1. The Bertz CT molecular complexity index is 343. The molecule has 3 heteroatoms. The fourth-order valence-electron chi connectivity index (χ4n) is 1.82. The molecule has 1 aliphatic heterocycles. The minimum atomic E-state index is 0.697. The maximum atomic E-state index is 11.3. The first kappa shape index (κ1) is 10.0. The number of rotatable bonds is 2. The molecule has 0 amide bonds. The van der Waals surface area contributed by atoms with E-state index in [0.29, 0.717) is 5.69 Å². The minimum Gasteiger partial charge on any atom is -0.618 e. The van der Waals surface area contributed by atoms with Gasteiger partial charge in [0.15, 0.2) is 6.20 Å². The molecule has 1 aromatic heterocycles. The molecule has 15 heavy (non-hydrogen) atoms. The maximum Gasteiger partial charge on any atom is 0.217 e. The summed E-state index contributed by atoms with van der Waals surface area (Å²) in [7, 11) is 0. The van der Waals surface area contributed by atoms with E-state index in [4.69, 9.17) is 0 Å². The Morgan fingerprint density at radius 3 is 2.73 bits per heavy atom. The molecule has 3 nitrogen and oxygen atoms in total. The molecule has 1 saturated heterocycles. The third kappa shape index (κ3) is 2.72. The van der Waals surface area contributed by atoms with Crippen molar-refractivity contribution in [2.24, 2.45) is 0 Å². The number of nitrogens with zero attached hydrogens (tertiary/aromatic N) is 2. The van der Waals surface area contributed by atoms with E-state index in [0.717, 1.165) is 17.8 Å². The predicted molar refractivity (Wildman–Crippen MR) is 59.9 cm³/mol. The van der Waals surface area contributed by atoms with Crippen molar-refractivity contribution in [3.63, 3.8) is 0 Å². The van der Waals surface area contributed by atoms with Gasteiger partial charge in [-0.25, -0.2) is 0 Å². The summed E-state index contributed by atoms with van der Waals surface area (Å²) in [5.74, 6) is 0. The Hall–Kier alpha value is -1.51. The lowest BCUT2D eigenvalue weighted by Crippen LogP contribution is -2.29. The molecular formula is C12H16N2O. The van der Waals surface area contributed by atoms with Crippen LogP contribution in [0.25, 0.3) is 6.08 Å². The molecule has 0 atom stereocenters. The Morgan fingerprint density at radius 1 is 1.20 bits per heavy atom. The van der Waals surface area contributed by atoms with Gasteiger partial charge in [0, 0.05) is 37.5 Å². The van der Waals surface area contributed by atoms with Crippen molar-refractivity contribution in [3.05, 3.63) is 41.5 Å². The largest absolute Gasteiger partial charge is 0.618 e. The molecule has 0 unspecified atom stereocenters. The Balaban J connectivity index is 2.01. The molecule has 2 rings (SSSR count). The first-order valence-corrected chi connectivity index (χ1v) is 5.47. The number of likely N-dealkylation sites (tertiary alicyclic amines) is 1. The predicted octanol–water partition coefficient (Wildman–Crippen LogP) is 1.78. The van der Waals surface area contributed by atoms with Crippen molar-refractivity contribution in [2.75, 3.05) is 13.1 Å². The van der Waals surface area contributed by atoms with Crippen molar-refractivity contribution < 1.29 is 4.73 Å². The molecule has 80 valence electrons. The summed E-state index contributed by atoms with van der Waals surface area (Å²) in [6.45, 7) is 2.23. The standard InChI is InChI=1S/C12H16N2O/c15-14-10-5-2-6-12(14)7-11-13-8-3-1-4-9-13/h2,5-7,10-11H,1,3-4,8-9H2/b11-7+. The van der Waals surface area contributed by atoms with Crippen LogP contribution >= 0.6 is 0 Å². The molecule has 1 aromatic rings. The van der Waals surface area contributed by atoms with Gasteiger partial charge in [0.25, 0.3) is 0 Å². The van der Waals surface area contributed by atoms with Gasteiger partial charge in [-0.3, -0.25) is 0 Å². The van der Waals surface area contributed by atoms with E-state index < -0.39 is 0 Å². The summed E-state index contributed by atoms with van der Waals surface area (Å²) in [4.78, 5) is 2.27. The average molecular weight is 204 g/mol. The van der Waals surface area contributed by atoms with Crippen LogP contribution in [0.15, 0.2) is 30.6 Å². The van der Waals surface area contributed by atoms with E-state index >= 15 is 0 Å². The number of hydrogen-bond donors (Lipinski definition) is 0. The fourth-order valence-corrected chi connectivity index (χ4v) is 1.82. The van der Waals surface area contributed by atoms with Crippen LogP contribution in [0.3, 0.4) is 0 Å². The molecule has 0 radical (unpaired) electrons. The van der Waals surface area contributed by atoms with E-state index in [9.17, 15) is 5.21 Å². The van der Waals surface area contributed by atoms with Crippen LogP contribution in [0.4, 0.5) is 0 Å². The molecule has 0 aliphatic carbocycles. The van der Waals surface area contributed by atoms with Gasteiger partial charge in [0.1, 0.15) is 0 Å². The molecule has 0 spiro atoms. The summed E-state index contributed by atoms with van der Waals surface area (Å²) in [6.07, 6.45) is 9.29. The van der Waals surface area contributed by atoms with E-state index in [1.807, 2.05) is 24.4 Å². The Morgan fingerprint density at radius 2 is 2.00 bits per heavy atom. The second-order valence-electron chi connectivity index (χ2n) is 3.86. The average Bonchev–Trinajstić information content (AvgIpc) is 2.29. The normalized spacial score (nSPS) is 17.2. The van der Waals surface area contributed by atoms with Gasteiger partial charge in [0.2, 0.25) is 5.69 Å². The molecule has 0 N–H and O–H groups in total. The zero-order valence-electron chi connectivity index (χ0n) is 8.80. The zero-order valence-corrected chi connectivity index (χ0v) is 8.80. The summed E-state index contributed by atoms with van der Waals surface area (Å²) >= 11 is 0. The molecule has 2 heterocycles. The van der Waals surface area contributed by atoms with Gasteiger partial charge in [0.05, 0.1) is 0 Å². The highest BCUT2D eigenvalue weighted by Crippen LogP contribution is 2.09. The zero-order chi connectivity index (χ0) is 10.5. The Kier molecular flexibility index (Phi) is 3.22. The van der Waals surface area contributed by atoms with Crippen molar-refractivity contribution >= 4 is 6.08 Å². The highest BCUT2D eigenvalue weighted by atomic mass is 16.5. The van der Waals surface area contributed by atoms with Crippen molar-refractivity contribution in [2.45, 2.75) is 19.3 Å². The summed E-state index contributed by atoms with van der Waals surface area (Å²) < 4.78 is 0.889. The lowest BCUT2D eigenvalue weighted by Gasteiger charge is -2.24. The van der Waals surface area contributed by atoms with Crippen LogP contribution in [0, 0.1) is 5.21 Å². The fraction of sp³-hybridized carbons (Fsp3) is 0.417. The lowest BCUT2D eigenvalue weighted by atomic mass is 10.1. The van der Waals surface area contributed by atoms with Crippen molar-refractivity contribution in [1.29, 1.82) is 0 Å². The molecular weight excluding hydrogens is 188 g/mol. The number of pyridine rings is 1. The van der Waals surface area contributed by atoms with Crippen LogP contribution in [-0.2, 0) is 0 Å². The van der Waals surface area contributed by atoms with Crippen molar-refractivity contribution in [1.82, 2.24) is 4.90 Å². The molecule has 0 saturated carbocycles. The van der Waals surface area contributed by atoms with E-state index in [2.05, 4.69) is 4.90 Å². The van der Waals surface area contributed by atoms with Gasteiger partial charge >= 0.3 is 0 Å². The van der Waals surface area contributed by atoms with E-state index in [1.165, 1.54) is 25.5 Å². The molecule has 1 fully saturated rings. The summed E-state index contributed by atoms with van der Waals surface area (Å²) in [5.41, 5.74) is 0.697. The number of hydrogen-bond acceptors (Lipinski definition) is 2. The van der Waals surface area contributed by atoms with Gasteiger partial charge in [-0.15, -0.1) is 0 Å².